The minimum atomic E-state index is -3.52. The summed E-state index contributed by atoms with van der Waals surface area (Å²) in [6.45, 7) is 3.13. The van der Waals surface area contributed by atoms with Crippen LogP contribution in [-0.4, -0.2) is 43.4 Å². The van der Waals surface area contributed by atoms with Crippen LogP contribution >= 0.6 is 0 Å². The quantitative estimate of drug-likeness (QED) is 0.555. The number of carbonyl (C=O) groups is 1. The summed E-state index contributed by atoms with van der Waals surface area (Å²) in [4.78, 5) is 25.5. The van der Waals surface area contributed by atoms with Crippen LogP contribution in [0.1, 0.15) is 31.2 Å². The number of hydrogen-bond donors (Lipinski definition) is 1. The molecule has 34 heavy (non-hydrogen) atoms. The number of para-hydroxylation sites is 1. The van der Waals surface area contributed by atoms with E-state index in [2.05, 4.69) is 5.32 Å². The van der Waals surface area contributed by atoms with Crippen molar-refractivity contribution in [1.29, 1.82) is 0 Å². The maximum atomic E-state index is 12.8. The summed E-state index contributed by atoms with van der Waals surface area (Å²) in [5.74, 6) is 0.298. The first-order valence-electron chi connectivity index (χ1n) is 11.4. The Morgan fingerprint density at radius 1 is 1.06 bits per heavy atom. The number of anilines is 1. The van der Waals surface area contributed by atoms with Crippen LogP contribution in [0.2, 0.25) is 0 Å². The van der Waals surface area contributed by atoms with E-state index in [0.717, 1.165) is 30.2 Å². The molecule has 4 rings (SSSR count). The van der Waals surface area contributed by atoms with Gasteiger partial charge in [0.2, 0.25) is 15.9 Å². The normalized spacial score (nSPS) is 14.8. The lowest BCUT2D eigenvalue weighted by atomic mass is 10.1. The first-order valence-corrected chi connectivity index (χ1v) is 12.8. The molecule has 1 aromatic heterocycles. The second-order valence-corrected chi connectivity index (χ2v) is 10.4. The molecule has 0 aliphatic carbocycles. The minimum absolute atomic E-state index is 0.0734. The van der Waals surface area contributed by atoms with E-state index in [1.54, 1.807) is 35.9 Å². The molecule has 1 aliphatic heterocycles. The molecule has 0 bridgehead atoms. The number of aromatic nitrogens is 1. The van der Waals surface area contributed by atoms with Gasteiger partial charge in [0.15, 0.2) is 0 Å². The van der Waals surface area contributed by atoms with Gasteiger partial charge in [0.25, 0.3) is 5.56 Å². The van der Waals surface area contributed by atoms with Gasteiger partial charge < -0.3 is 14.6 Å². The zero-order valence-electron chi connectivity index (χ0n) is 19.4. The number of piperidine rings is 1. The zero-order valence-corrected chi connectivity index (χ0v) is 20.2. The Balaban J connectivity index is 1.46. The maximum Gasteiger partial charge on any atom is 0.251 e. The number of nitrogens with zero attached hydrogens (tertiary/aromatic N) is 2. The second kappa shape index (κ2) is 9.99. The van der Waals surface area contributed by atoms with Crippen molar-refractivity contribution in [2.24, 2.45) is 0 Å². The highest BCUT2D eigenvalue weighted by Crippen LogP contribution is 2.27. The van der Waals surface area contributed by atoms with Crippen LogP contribution < -0.4 is 15.6 Å². The molecule has 1 N–H and O–H groups in total. The number of aryl methyl sites for hydroxylation is 2. The Morgan fingerprint density at radius 2 is 1.76 bits per heavy atom. The van der Waals surface area contributed by atoms with Crippen LogP contribution in [0.5, 0.6) is 5.75 Å². The van der Waals surface area contributed by atoms with E-state index in [1.165, 1.54) is 16.4 Å². The number of carbonyl (C=O) groups excluding carboxylic acids is 1. The highest BCUT2D eigenvalue weighted by atomic mass is 32.2. The fourth-order valence-electron chi connectivity index (χ4n) is 4.36. The number of ether oxygens (including phenoxy) is 1. The highest BCUT2D eigenvalue weighted by molar-refractivity contribution is 7.89. The van der Waals surface area contributed by atoms with Gasteiger partial charge in [-0.3, -0.25) is 9.59 Å². The summed E-state index contributed by atoms with van der Waals surface area (Å²) < 4.78 is 34.1. The Morgan fingerprint density at radius 3 is 2.44 bits per heavy atom. The van der Waals surface area contributed by atoms with E-state index in [9.17, 15) is 18.0 Å². The van der Waals surface area contributed by atoms with Crippen molar-refractivity contribution in [3.8, 4) is 5.75 Å². The highest BCUT2D eigenvalue weighted by Gasteiger charge is 2.25. The monoisotopic (exact) mass is 483 g/mol. The lowest BCUT2D eigenvalue weighted by Gasteiger charge is -2.25. The predicted molar refractivity (Wildman–Crippen MR) is 132 cm³/mol. The number of amides is 1. The molecular formula is C25H29N3O5S. The number of nitrogens with one attached hydrogen (secondary N) is 1. The molecule has 1 amide bonds. The van der Waals surface area contributed by atoms with Crippen LogP contribution in [-0.2, 0) is 21.4 Å². The van der Waals surface area contributed by atoms with E-state index in [1.807, 2.05) is 19.1 Å². The van der Waals surface area contributed by atoms with Gasteiger partial charge in [-0.2, -0.15) is 4.31 Å². The van der Waals surface area contributed by atoms with Crippen LogP contribution in [0.15, 0.2) is 58.2 Å². The summed E-state index contributed by atoms with van der Waals surface area (Å²) in [5.41, 5.74) is 1.81. The molecule has 0 radical (unpaired) electrons. The number of fused-ring (bicyclic) bond motifs is 1. The molecule has 1 saturated heterocycles. The van der Waals surface area contributed by atoms with Gasteiger partial charge in [-0.15, -0.1) is 0 Å². The summed E-state index contributed by atoms with van der Waals surface area (Å²) in [7, 11) is -1.97. The van der Waals surface area contributed by atoms with Crippen LogP contribution in [0, 0.1) is 6.92 Å². The van der Waals surface area contributed by atoms with Crippen molar-refractivity contribution < 1.29 is 17.9 Å². The maximum absolute atomic E-state index is 12.8. The number of pyridine rings is 1. The Kier molecular flexibility index (Phi) is 7.04. The largest absolute Gasteiger partial charge is 0.495 e. The van der Waals surface area contributed by atoms with E-state index < -0.39 is 10.0 Å². The fraction of sp³-hybridized carbons (Fsp3) is 0.360. The molecule has 3 aromatic rings. The number of sulfonamides is 1. The molecule has 2 aromatic carbocycles. The number of methoxy groups -OCH3 is 1. The van der Waals surface area contributed by atoms with Gasteiger partial charge in [0.1, 0.15) is 5.75 Å². The lowest BCUT2D eigenvalue weighted by molar-refractivity contribution is -0.116. The summed E-state index contributed by atoms with van der Waals surface area (Å²) in [6, 6.07) is 13.3. The molecule has 8 nitrogen and oxygen atoms in total. The Labute approximate surface area is 199 Å². The minimum Gasteiger partial charge on any atom is -0.495 e. The van der Waals surface area contributed by atoms with Crippen molar-refractivity contribution in [3.63, 3.8) is 0 Å². The SMILES string of the molecule is COc1cccc2c(C)cc(=O)n(CCC(=O)Nc3ccc(S(=O)(=O)N4CCCCC4)cc3)c12. The molecule has 0 atom stereocenters. The second-order valence-electron chi connectivity index (χ2n) is 8.46. The van der Waals surface area contributed by atoms with Crippen molar-refractivity contribution >= 4 is 32.5 Å². The van der Waals surface area contributed by atoms with Gasteiger partial charge in [-0.05, 0) is 55.7 Å². The lowest BCUT2D eigenvalue weighted by Crippen LogP contribution is -2.35. The van der Waals surface area contributed by atoms with Crippen LogP contribution in [0.4, 0.5) is 5.69 Å². The first kappa shape index (κ1) is 24.0. The van der Waals surface area contributed by atoms with E-state index in [-0.39, 0.29) is 29.3 Å². The molecule has 0 saturated carbocycles. The summed E-state index contributed by atoms with van der Waals surface area (Å²) in [6.07, 6.45) is 2.87. The summed E-state index contributed by atoms with van der Waals surface area (Å²) >= 11 is 0. The first-order chi connectivity index (χ1) is 16.3. The van der Waals surface area contributed by atoms with Crippen molar-refractivity contribution in [3.05, 3.63) is 64.4 Å². The average Bonchev–Trinajstić information content (AvgIpc) is 2.84. The Hall–Kier alpha value is -3.17. The molecule has 9 heteroatoms. The molecular weight excluding hydrogens is 454 g/mol. The average molecular weight is 484 g/mol. The third kappa shape index (κ3) is 4.85. The third-order valence-electron chi connectivity index (χ3n) is 6.17. The van der Waals surface area contributed by atoms with Gasteiger partial charge in [-0.25, -0.2) is 8.42 Å². The Bertz CT molecular complexity index is 1360. The van der Waals surface area contributed by atoms with Gasteiger partial charge in [0, 0.05) is 43.2 Å². The van der Waals surface area contributed by atoms with Crippen molar-refractivity contribution in [1.82, 2.24) is 8.87 Å². The molecule has 0 unspecified atom stereocenters. The number of hydrogen-bond acceptors (Lipinski definition) is 5. The van der Waals surface area contributed by atoms with Crippen LogP contribution in [0.25, 0.3) is 10.9 Å². The van der Waals surface area contributed by atoms with Crippen molar-refractivity contribution in [2.45, 2.75) is 44.0 Å². The molecule has 0 spiro atoms. The fourth-order valence-corrected chi connectivity index (χ4v) is 5.88. The van der Waals surface area contributed by atoms with E-state index in [4.69, 9.17) is 4.74 Å². The van der Waals surface area contributed by atoms with Gasteiger partial charge in [0.05, 0.1) is 17.5 Å². The topological polar surface area (TPSA) is 97.7 Å². The zero-order chi connectivity index (χ0) is 24.3. The number of benzene rings is 2. The standard InChI is InChI=1S/C25H29N3O5S/c1-18-17-24(30)28(25-21(18)7-6-8-22(25)33-2)16-13-23(29)26-19-9-11-20(12-10-19)34(31,32)27-14-4-3-5-15-27/h6-12,17H,3-5,13-16H2,1-2H3,(H,26,29). The smallest absolute Gasteiger partial charge is 0.251 e. The van der Waals surface area contributed by atoms with Crippen LogP contribution in [0.3, 0.4) is 0 Å². The number of rotatable bonds is 7. The molecule has 2 heterocycles. The van der Waals surface area contributed by atoms with Crippen molar-refractivity contribution in [2.75, 3.05) is 25.5 Å². The predicted octanol–water partition coefficient (Wildman–Crippen LogP) is 3.52. The molecule has 1 fully saturated rings. The van der Waals surface area contributed by atoms with Gasteiger partial charge >= 0.3 is 0 Å². The molecule has 1 aliphatic rings. The van der Waals surface area contributed by atoms with E-state index in [0.29, 0.717) is 30.0 Å². The molecule has 180 valence electrons. The van der Waals surface area contributed by atoms with E-state index >= 15 is 0 Å². The van der Waals surface area contributed by atoms with Gasteiger partial charge in [-0.1, -0.05) is 18.6 Å². The third-order valence-corrected chi connectivity index (χ3v) is 8.09. The summed E-state index contributed by atoms with van der Waals surface area (Å²) in [5, 5.41) is 3.68.